The molecule has 6 nitrogen and oxygen atoms in total. The van der Waals surface area contributed by atoms with Gasteiger partial charge in [0.05, 0.1) is 6.10 Å². The van der Waals surface area contributed by atoms with Gasteiger partial charge in [-0.05, 0) is 13.3 Å². The average Bonchev–Trinajstić information content (AvgIpc) is 2.11. The first-order valence-corrected chi connectivity index (χ1v) is 6.05. The van der Waals surface area contributed by atoms with E-state index in [1.165, 1.54) is 6.92 Å². The van der Waals surface area contributed by atoms with Crippen molar-refractivity contribution in [2.24, 2.45) is 5.73 Å². The maximum atomic E-state index is 11.2. The highest BCUT2D eigenvalue weighted by atomic mass is 32.2. The molecule has 0 aromatic rings. The minimum atomic E-state index is -3.46. The molecular formula is C7H19N3O3S. The number of hydrogen-bond donors (Lipinski definition) is 4. The lowest BCUT2D eigenvalue weighted by molar-refractivity contribution is 0.164. The Bertz CT molecular complexity index is 241. The summed E-state index contributed by atoms with van der Waals surface area (Å²) >= 11 is 0. The standard InChI is InChI=1S/C7H19N3O3S/c1-3-4-9-14(12,13)10-5-7(8)6(2)11/h6-7,9-11H,3-5,8H2,1-2H3. The van der Waals surface area contributed by atoms with Crippen LogP contribution in [0, 0.1) is 0 Å². The molecule has 0 rings (SSSR count). The van der Waals surface area contributed by atoms with Crippen molar-refractivity contribution in [3.63, 3.8) is 0 Å². The zero-order chi connectivity index (χ0) is 11.2. The molecule has 0 aliphatic heterocycles. The second-order valence-corrected chi connectivity index (χ2v) is 4.73. The maximum Gasteiger partial charge on any atom is 0.276 e. The van der Waals surface area contributed by atoms with Crippen molar-refractivity contribution in [2.75, 3.05) is 13.1 Å². The molecule has 0 aliphatic carbocycles. The van der Waals surface area contributed by atoms with Gasteiger partial charge >= 0.3 is 0 Å². The summed E-state index contributed by atoms with van der Waals surface area (Å²) in [5, 5.41) is 9.01. The van der Waals surface area contributed by atoms with Gasteiger partial charge < -0.3 is 10.8 Å². The molecule has 0 aliphatic rings. The first kappa shape index (κ1) is 13.8. The maximum absolute atomic E-state index is 11.2. The summed E-state index contributed by atoms with van der Waals surface area (Å²) in [6.07, 6.45) is -0.00696. The molecule has 7 heteroatoms. The summed E-state index contributed by atoms with van der Waals surface area (Å²) in [5.74, 6) is 0. The van der Waals surface area contributed by atoms with Gasteiger partial charge in [0.15, 0.2) is 0 Å². The van der Waals surface area contributed by atoms with E-state index in [0.29, 0.717) is 6.54 Å². The van der Waals surface area contributed by atoms with Gasteiger partial charge in [-0.25, -0.2) is 9.44 Å². The van der Waals surface area contributed by atoms with E-state index in [9.17, 15) is 8.42 Å². The summed E-state index contributed by atoms with van der Waals surface area (Å²) in [6.45, 7) is 3.79. The Morgan fingerprint density at radius 2 is 2.00 bits per heavy atom. The Labute approximate surface area is 85.1 Å². The molecule has 14 heavy (non-hydrogen) atoms. The van der Waals surface area contributed by atoms with E-state index in [1.807, 2.05) is 6.92 Å². The lowest BCUT2D eigenvalue weighted by atomic mass is 10.2. The van der Waals surface area contributed by atoms with Crippen LogP contribution >= 0.6 is 0 Å². The molecule has 0 aromatic carbocycles. The first-order chi connectivity index (χ1) is 6.39. The zero-order valence-corrected chi connectivity index (χ0v) is 9.34. The van der Waals surface area contributed by atoms with Gasteiger partial charge in [-0.3, -0.25) is 0 Å². The van der Waals surface area contributed by atoms with Gasteiger partial charge in [0.2, 0.25) is 0 Å². The zero-order valence-electron chi connectivity index (χ0n) is 8.53. The predicted octanol–water partition coefficient (Wildman–Crippen LogP) is -1.47. The fourth-order valence-electron chi connectivity index (χ4n) is 0.664. The van der Waals surface area contributed by atoms with Crippen LogP contribution in [0.3, 0.4) is 0 Å². The molecule has 86 valence electrons. The van der Waals surface area contributed by atoms with Crippen LogP contribution in [0.2, 0.25) is 0 Å². The van der Waals surface area contributed by atoms with Crippen LogP contribution < -0.4 is 15.2 Å². The second-order valence-electron chi connectivity index (χ2n) is 3.15. The van der Waals surface area contributed by atoms with Crippen molar-refractivity contribution in [1.82, 2.24) is 9.44 Å². The van der Waals surface area contributed by atoms with Gasteiger partial charge in [-0.2, -0.15) is 8.42 Å². The fourth-order valence-corrected chi connectivity index (χ4v) is 1.65. The molecule has 0 spiro atoms. The highest BCUT2D eigenvalue weighted by molar-refractivity contribution is 7.87. The van der Waals surface area contributed by atoms with Crippen molar-refractivity contribution < 1.29 is 13.5 Å². The smallest absolute Gasteiger partial charge is 0.276 e. The summed E-state index contributed by atoms with van der Waals surface area (Å²) < 4.78 is 26.9. The van der Waals surface area contributed by atoms with E-state index in [1.54, 1.807) is 0 Å². The SMILES string of the molecule is CCCNS(=O)(=O)NCC(N)C(C)O. The van der Waals surface area contributed by atoms with Crippen LogP contribution in [0.1, 0.15) is 20.3 Å². The summed E-state index contributed by atoms with van der Waals surface area (Å²) in [5.41, 5.74) is 5.45. The normalized spacial score (nSPS) is 16.6. The number of nitrogens with one attached hydrogen (secondary N) is 2. The molecule has 0 bridgehead atoms. The lowest BCUT2D eigenvalue weighted by Gasteiger charge is -2.15. The number of hydrogen-bond acceptors (Lipinski definition) is 4. The molecule has 0 heterocycles. The minimum absolute atomic E-state index is 0.0245. The highest BCUT2D eigenvalue weighted by Gasteiger charge is 2.13. The quantitative estimate of drug-likeness (QED) is 0.424. The Balaban J connectivity index is 3.87. The monoisotopic (exact) mass is 225 g/mol. The first-order valence-electron chi connectivity index (χ1n) is 4.57. The van der Waals surface area contributed by atoms with Crippen LogP contribution in [-0.2, 0) is 10.2 Å². The van der Waals surface area contributed by atoms with Crippen LogP contribution in [0.5, 0.6) is 0 Å². The number of aliphatic hydroxyl groups excluding tert-OH is 1. The van der Waals surface area contributed by atoms with E-state index < -0.39 is 22.4 Å². The topological polar surface area (TPSA) is 104 Å². The van der Waals surface area contributed by atoms with Gasteiger partial charge in [0.25, 0.3) is 10.2 Å². The summed E-state index contributed by atoms with van der Waals surface area (Å²) in [7, 11) is -3.46. The van der Waals surface area contributed by atoms with Crippen LogP contribution in [-0.4, -0.2) is 38.8 Å². The molecule has 0 fully saturated rings. The van der Waals surface area contributed by atoms with Crippen LogP contribution in [0.4, 0.5) is 0 Å². The van der Waals surface area contributed by atoms with E-state index >= 15 is 0 Å². The van der Waals surface area contributed by atoms with Crippen molar-refractivity contribution in [3.8, 4) is 0 Å². The predicted molar refractivity (Wildman–Crippen MR) is 54.9 cm³/mol. The Morgan fingerprint density at radius 1 is 1.43 bits per heavy atom. The minimum Gasteiger partial charge on any atom is -0.392 e. The number of aliphatic hydroxyl groups is 1. The molecule has 0 saturated carbocycles. The van der Waals surface area contributed by atoms with E-state index in [2.05, 4.69) is 9.44 Å². The molecule has 0 saturated heterocycles. The van der Waals surface area contributed by atoms with Gasteiger partial charge in [0.1, 0.15) is 0 Å². The second kappa shape index (κ2) is 6.31. The molecule has 5 N–H and O–H groups in total. The van der Waals surface area contributed by atoms with Crippen LogP contribution in [0.25, 0.3) is 0 Å². The Hall–Kier alpha value is -0.210. The molecule has 2 unspecified atom stereocenters. The van der Waals surface area contributed by atoms with Gasteiger partial charge in [0, 0.05) is 19.1 Å². The van der Waals surface area contributed by atoms with E-state index in [4.69, 9.17) is 10.8 Å². The third kappa shape index (κ3) is 6.28. The van der Waals surface area contributed by atoms with E-state index in [-0.39, 0.29) is 6.54 Å². The Morgan fingerprint density at radius 3 is 2.43 bits per heavy atom. The van der Waals surface area contributed by atoms with Crippen molar-refractivity contribution in [1.29, 1.82) is 0 Å². The molecular weight excluding hydrogens is 206 g/mol. The third-order valence-corrected chi connectivity index (χ3v) is 2.80. The summed E-state index contributed by atoms with van der Waals surface area (Å²) in [4.78, 5) is 0. The van der Waals surface area contributed by atoms with Crippen LogP contribution in [0.15, 0.2) is 0 Å². The molecule has 2 atom stereocenters. The molecule has 0 amide bonds. The lowest BCUT2D eigenvalue weighted by Crippen LogP contribution is -2.47. The molecule has 0 radical (unpaired) electrons. The highest BCUT2D eigenvalue weighted by Crippen LogP contribution is 1.87. The number of nitrogens with two attached hydrogens (primary N) is 1. The van der Waals surface area contributed by atoms with Crippen molar-refractivity contribution >= 4 is 10.2 Å². The average molecular weight is 225 g/mol. The Kier molecular flexibility index (Phi) is 6.21. The fraction of sp³-hybridized carbons (Fsp3) is 1.00. The largest absolute Gasteiger partial charge is 0.392 e. The van der Waals surface area contributed by atoms with Crippen molar-refractivity contribution in [3.05, 3.63) is 0 Å². The number of rotatable bonds is 7. The molecule has 0 aromatic heterocycles. The summed E-state index contributed by atoms with van der Waals surface area (Å²) in [6, 6.07) is -0.590. The van der Waals surface area contributed by atoms with Crippen molar-refractivity contribution in [2.45, 2.75) is 32.4 Å². The van der Waals surface area contributed by atoms with E-state index in [0.717, 1.165) is 6.42 Å². The van der Waals surface area contributed by atoms with Gasteiger partial charge in [-0.1, -0.05) is 6.92 Å². The third-order valence-electron chi connectivity index (χ3n) is 1.67. The van der Waals surface area contributed by atoms with Gasteiger partial charge in [-0.15, -0.1) is 0 Å².